The van der Waals surface area contributed by atoms with Gasteiger partial charge in [0, 0.05) is 26.3 Å². The molecule has 0 fully saturated rings. The standard InChI is InChI=1S/C15H14ClN3O2/c1-18-6-7-19(13-5-3-2-4-12(13)18)14-11(16)8-10(9-17-14)15(20)21/h2-5,8-9H,6-7H2,1H3,(H,20,21). The van der Waals surface area contributed by atoms with Crippen LogP contribution in [-0.4, -0.2) is 36.2 Å². The van der Waals surface area contributed by atoms with Gasteiger partial charge in [0.25, 0.3) is 0 Å². The molecule has 1 aromatic heterocycles. The van der Waals surface area contributed by atoms with Gasteiger partial charge in [-0.2, -0.15) is 0 Å². The number of anilines is 3. The van der Waals surface area contributed by atoms with Gasteiger partial charge in [-0.1, -0.05) is 23.7 Å². The number of aromatic carboxylic acids is 1. The zero-order valence-corrected chi connectivity index (χ0v) is 12.2. The zero-order valence-electron chi connectivity index (χ0n) is 11.5. The van der Waals surface area contributed by atoms with Gasteiger partial charge in [0.2, 0.25) is 0 Å². The monoisotopic (exact) mass is 303 g/mol. The number of aromatic nitrogens is 1. The van der Waals surface area contributed by atoms with Gasteiger partial charge in [0.05, 0.1) is 22.0 Å². The summed E-state index contributed by atoms with van der Waals surface area (Å²) >= 11 is 6.23. The van der Waals surface area contributed by atoms with E-state index in [9.17, 15) is 4.79 Å². The number of hydrogen-bond acceptors (Lipinski definition) is 4. The maximum atomic E-state index is 11.0. The van der Waals surface area contributed by atoms with Crippen LogP contribution in [0.2, 0.25) is 5.02 Å². The second-order valence-electron chi connectivity index (χ2n) is 4.90. The Morgan fingerprint density at radius 2 is 2.00 bits per heavy atom. The summed E-state index contributed by atoms with van der Waals surface area (Å²) in [5.74, 6) is -0.447. The fraction of sp³-hybridized carbons (Fsp3) is 0.200. The lowest BCUT2D eigenvalue weighted by atomic mass is 10.1. The maximum absolute atomic E-state index is 11.0. The molecule has 2 aromatic rings. The fourth-order valence-corrected chi connectivity index (χ4v) is 2.74. The van der Waals surface area contributed by atoms with Crippen LogP contribution in [-0.2, 0) is 0 Å². The lowest BCUT2D eigenvalue weighted by Crippen LogP contribution is -2.36. The zero-order chi connectivity index (χ0) is 15.0. The number of rotatable bonds is 2. The van der Waals surface area contributed by atoms with Crippen molar-refractivity contribution in [1.29, 1.82) is 0 Å². The molecule has 0 aliphatic carbocycles. The number of pyridine rings is 1. The normalized spacial score (nSPS) is 14.0. The minimum Gasteiger partial charge on any atom is -0.478 e. The van der Waals surface area contributed by atoms with E-state index in [4.69, 9.17) is 16.7 Å². The summed E-state index contributed by atoms with van der Waals surface area (Å²) < 4.78 is 0. The molecule has 0 unspecified atom stereocenters. The van der Waals surface area contributed by atoms with E-state index in [1.165, 1.54) is 12.3 Å². The molecule has 0 saturated carbocycles. The summed E-state index contributed by atoms with van der Waals surface area (Å²) in [6.07, 6.45) is 1.34. The smallest absolute Gasteiger partial charge is 0.337 e. The summed E-state index contributed by atoms with van der Waals surface area (Å²) in [7, 11) is 2.04. The van der Waals surface area contributed by atoms with E-state index in [0.29, 0.717) is 10.8 Å². The quantitative estimate of drug-likeness (QED) is 0.924. The van der Waals surface area contributed by atoms with Crippen molar-refractivity contribution in [3.05, 3.63) is 47.1 Å². The van der Waals surface area contributed by atoms with Gasteiger partial charge in [0.1, 0.15) is 0 Å². The van der Waals surface area contributed by atoms with Crippen molar-refractivity contribution in [3.63, 3.8) is 0 Å². The SMILES string of the molecule is CN1CCN(c2ncc(C(=O)O)cc2Cl)c2ccccc21. The number of halogens is 1. The van der Waals surface area contributed by atoms with Crippen LogP contribution >= 0.6 is 11.6 Å². The van der Waals surface area contributed by atoms with Crippen molar-refractivity contribution >= 4 is 34.8 Å². The molecule has 5 nitrogen and oxygen atoms in total. The first-order valence-corrected chi connectivity index (χ1v) is 6.92. The van der Waals surface area contributed by atoms with Gasteiger partial charge < -0.3 is 14.9 Å². The van der Waals surface area contributed by atoms with Gasteiger partial charge in [-0.25, -0.2) is 9.78 Å². The Bertz CT molecular complexity index is 705. The topological polar surface area (TPSA) is 56.7 Å². The highest BCUT2D eigenvalue weighted by molar-refractivity contribution is 6.33. The third-order valence-corrected chi connectivity index (χ3v) is 3.85. The molecule has 0 atom stereocenters. The van der Waals surface area contributed by atoms with Gasteiger partial charge >= 0.3 is 5.97 Å². The number of carboxylic acids is 1. The van der Waals surface area contributed by atoms with E-state index in [2.05, 4.69) is 9.88 Å². The Kier molecular flexibility index (Phi) is 3.43. The van der Waals surface area contributed by atoms with Gasteiger partial charge in [-0.15, -0.1) is 0 Å². The molecule has 108 valence electrons. The van der Waals surface area contributed by atoms with E-state index >= 15 is 0 Å². The summed E-state index contributed by atoms with van der Waals surface area (Å²) in [4.78, 5) is 19.4. The summed E-state index contributed by atoms with van der Waals surface area (Å²) in [6, 6.07) is 9.44. The Balaban J connectivity index is 2.06. The number of fused-ring (bicyclic) bond motifs is 1. The van der Waals surface area contributed by atoms with E-state index in [0.717, 1.165) is 24.5 Å². The number of nitrogens with zero attached hydrogens (tertiary/aromatic N) is 3. The Labute approximate surface area is 127 Å². The first kappa shape index (κ1) is 13.7. The molecule has 0 saturated heterocycles. The number of carboxylic acid groups (broad SMARTS) is 1. The Hall–Kier alpha value is -2.27. The Morgan fingerprint density at radius 3 is 2.67 bits per heavy atom. The van der Waals surface area contributed by atoms with Crippen LogP contribution in [0.3, 0.4) is 0 Å². The fourth-order valence-electron chi connectivity index (χ4n) is 2.47. The number of carbonyl (C=O) groups is 1. The number of hydrogen-bond donors (Lipinski definition) is 1. The minimum atomic E-state index is -1.03. The molecule has 1 aliphatic heterocycles. The Morgan fingerprint density at radius 1 is 1.29 bits per heavy atom. The number of likely N-dealkylation sites (N-methyl/N-ethyl adjacent to an activating group) is 1. The van der Waals surface area contributed by atoms with E-state index in [-0.39, 0.29) is 5.56 Å². The third-order valence-electron chi connectivity index (χ3n) is 3.57. The molecule has 3 rings (SSSR count). The summed E-state index contributed by atoms with van der Waals surface area (Å²) in [5.41, 5.74) is 2.21. The highest BCUT2D eigenvalue weighted by Gasteiger charge is 2.24. The van der Waals surface area contributed by atoms with Gasteiger partial charge in [-0.3, -0.25) is 0 Å². The highest BCUT2D eigenvalue weighted by atomic mass is 35.5. The van der Waals surface area contributed by atoms with Crippen LogP contribution in [0.1, 0.15) is 10.4 Å². The van der Waals surface area contributed by atoms with Crippen LogP contribution in [0.25, 0.3) is 0 Å². The maximum Gasteiger partial charge on any atom is 0.337 e. The average molecular weight is 304 g/mol. The van der Waals surface area contributed by atoms with Crippen molar-refractivity contribution in [2.75, 3.05) is 29.9 Å². The first-order chi connectivity index (χ1) is 10.1. The molecule has 0 radical (unpaired) electrons. The first-order valence-electron chi connectivity index (χ1n) is 6.54. The van der Waals surface area contributed by atoms with Gasteiger partial charge in [-0.05, 0) is 18.2 Å². The highest BCUT2D eigenvalue weighted by Crippen LogP contribution is 2.38. The third kappa shape index (κ3) is 2.40. The van der Waals surface area contributed by atoms with Crippen LogP contribution < -0.4 is 9.80 Å². The van der Waals surface area contributed by atoms with Crippen LogP contribution in [0, 0.1) is 0 Å². The van der Waals surface area contributed by atoms with E-state index < -0.39 is 5.97 Å². The molecule has 6 heteroatoms. The van der Waals surface area contributed by atoms with E-state index in [1.807, 2.05) is 36.2 Å². The molecule has 2 heterocycles. The van der Waals surface area contributed by atoms with Crippen LogP contribution in [0.4, 0.5) is 17.2 Å². The predicted octanol–water partition coefficient (Wildman–Crippen LogP) is 3.02. The predicted molar refractivity (Wildman–Crippen MR) is 82.9 cm³/mol. The number of para-hydroxylation sites is 2. The molecule has 0 amide bonds. The molecule has 21 heavy (non-hydrogen) atoms. The summed E-state index contributed by atoms with van der Waals surface area (Å²) in [5, 5.41) is 9.33. The lowest BCUT2D eigenvalue weighted by Gasteiger charge is -2.36. The van der Waals surface area contributed by atoms with Crippen molar-refractivity contribution in [3.8, 4) is 0 Å². The molecule has 0 bridgehead atoms. The molecular weight excluding hydrogens is 290 g/mol. The van der Waals surface area contributed by atoms with Gasteiger partial charge in [0.15, 0.2) is 5.82 Å². The van der Waals surface area contributed by atoms with Crippen LogP contribution in [0.15, 0.2) is 36.5 Å². The molecule has 1 aromatic carbocycles. The van der Waals surface area contributed by atoms with Crippen molar-refractivity contribution in [1.82, 2.24) is 4.98 Å². The second-order valence-corrected chi connectivity index (χ2v) is 5.30. The lowest BCUT2D eigenvalue weighted by molar-refractivity contribution is 0.0696. The molecule has 1 N–H and O–H groups in total. The second kappa shape index (κ2) is 5.26. The molecule has 0 spiro atoms. The van der Waals surface area contributed by atoms with Crippen molar-refractivity contribution < 1.29 is 9.90 Å². The minimum absolute atomic E-state index is 0.0890. The molecule has 1 aliphatic rings. The van der Waals surface area contributed by atoms with Crippen LogP contribution in [0.5, 0.6) is 0 Å². The van der Waals surface area contributed by atoms with Crippen molar-refractivity contribution in [2.45, 2.75) is 0 Å². The summed E-state index contributed by atoms with van der Waals surface area (Å²) in [6.45, 7) is 1.59. The van der Waals surface area contributed by atoms with E-state index in [1.54, 1.807) is 0 Å². The largest absolute Gasteiger partial charge is 0.478 e. The molecular formula is C15H14ClN3O2. The number of benzene rings is 1. The van der Waals surface area contributed by atoms with Crippen molar-refractivity contribution in [2.24, 2.45) is 0 Å². The average Bonchev–Trinajstić information content (AvgIpc) is 2.48.